The molecular weight excluding hydrogens is 289 g/mol. The molecule has 1 saturated heterocycles. The zero-order chi connectivity index (χ0) is 14.9. The number of nitrogens with zero attached hydrogens (tertiary/aromatic N) is 2. The maximum Gasteiger partial charge on any atom is 0.270 e. The van der Waals surface area contributed by atoms with Gasteiger partial charge in [-0.2, -0.15) is 4.31 Å². The van der Waals surface area contributed by atoms with Gasteiger partial charge in [0, 0.05) is 37.8 Å². The molecule has 20 heavy (non-hydrogen) atoms. The Morgan fingerprint density at radius 2 is 2.20 bits per heavy atom. The molecule has 1 N–H and O–H groups in total. The van der Waals surface area contributed by atoms with E-state index in [-0.39, 0.29) is 19.1 Å². The minimum Gasteiger partial charge on any atom is -0.312 e. The third-order valence-corrected chi connectivity index (χ3v) is 4.96. The maximum atomic E-state index is 13.7. The summed E-state index contributed by atoms with van der Waals surface area (Å²) in [7, 11) is -4.07. The highest BCUT2D eigenvalue weighted by Crippen LogP contribution is 2.24. The number of halogens is 1. The van der Waals surface area contributed by atoms with E-state index in [9.17, 15) is 22.9 Å². The second-order valence-electron chi connectivity index (χ2n) is 4.59. The van der Waals surface area contributed by atoms with Crippen molar-refractivity contribution < 1.29 is 17.7 Å². The fraction of sp³-hybridized carbons (Fsp3) is 0.455. The van der Waals surface area contributed by atoms with Gasteiger partial charge in [0.2, 0.25) is 10.0 Å². The lowest BCUT2D eigenvalue weighted by Gasteiger charge is -2.30. The van der Waals surface area contributed by atoms with E-state index in [1.54, 1.807) is 0 Å². The molecule has 1 heterocycles. The first kappa shape index (κ1) is 14.8. The van der Waals surface area contributed by atoms with Crippen LogP contribution in [0.4, 0.5) is 10.1 Å². The third kappa shape index (κ3) is 2.79. The Labute approximate surface area is 115 Å². The monoisotopic (exact) mass is 303 g/mol. The molecule has 7 nitrogen and oxygen atoms in total. The molecule has 1 aromatic rings. The number of rotatable bonds is 3. The van der Waals surface area contributed by atoms with Gasteiger partial charge >= 0.3 is 0 Å². The van der Waals surface area contributed by atoms with Gasteiger partial charge in [-0.15, -0.1) is 0 Å². The largest absolute Gasteiger partial charge is 0.312 e. The van der Waals surface area contributed by atoms with Gasteiger partial charge in [-0.1, -0.05) is 0 Å². The zero-order valence-corrected chi connectivity index (χ0v) is 11.6. The van der Waals surface area contributed by atoms with E-state index >= 15 is 0 Å². The molecule has 0 saturated carbocycles. The number of non-ortho nitro benzene ring substituents is 1. The van der Waals surface area contributed by atoms with Crippen molar-refractivity contribution in [3.63, 3.8) is 0 Å². The predicted molar refractivity (Wildman–Crippen MR) is 69.3 cm³/mol. The van der Waals surface area contributed by atoms with Gasteiger partial charge in [-0.25, -0.2) is 12.8 Å². The van der Waals surface area contributed by atoms with Crippen molar-refractivity contribution in [2.75, 3.05) is 19.6 Å². The highest BCUT2D eigenvalue weighted by Gasteiger charge is 2.31. The van der Waals surface area contributed by atoms with Crippen LogP contribution in [-0.4, -0.2) is 43.3 Å². The van der Waals surface area contributed by atoms with Crippen LogP contribution in [0.5, 0.6) is 0 Å². The topological polar surface area (TPSA) is 92.5 Å². The van der Waals surface area contributed by atoms with Crippen molar-refractivity contribution in [2.24, 2.45) is 0 Å². The van der Waals surface area contributed by atoms with Crippen molar-refractivity contribution in [1.82, 2.24) is 9.62 Å². The number of benzene rings is 1. The van der Waals surface area contributed by atoms with Gasteiger partial charge in [0.25, 0.3) is 5.69 Å². The predicted octanol–water partition coefficient (Wildman–Crippen LogP) is 0.716. The molecule has 0 aromatic heterocycles. The molecule has 0 spiro atoms. The summed E-state index contributed by atoms with van der Waals surface area (Å²) >= 11 is 0. The van der Waals surface area contributed by atoms with Crippen LogP contribution in [0.1, 0.15) is 6.92 Å². The van der Waals surface area contributed by atoms with Crippen molar-refractivity contribution in [2.45, 2.75) is 17.9 Å². The average molecular weight is 303 g/mol. The molecule has 1 aromatic carbocycles. The number of nitro benzene ring substituents is 1. The van der Waals surface area contributed by atoms with E-state index in [1.807, 2.05) is 6.92 Å². The van der Waals surface area contributed by atoms with E-state index < -0.39 is 31.3 Å². The Balaban J connectivity index is 2.43. The van der Waals surface area contributed by atoms with E-state index in [0.29, 0.717) is 6.54 Å². The summed E-state index contributed by atoms with van der Waals surface area (Å²) in [6.07, 6.45) is 0. The SMILES string of the molecule is C[C@H]1CN(S(=O)(=O)c2cc([N+](=O)[O-])ccc2F)CCN1. The molecule has 0 bridgehead atoms. The molecule has 1 atom stereocenters. The van der Waals surface area contributed by atoms with Crippen LogP contribution in [0.15, 0.2) is 23.1 Å². The van der Waals surface area contributed by atoms with E-state index in [0.717, 1.165) is 22.5 Å². The molecule has 1 aliphatic heterocycles. The molecule has 0 aliphatic carbocycles. The second-order valence-corrected chi connectivity index (χ2v) is 6.50. The molecule has 2 rings (SSSR count). The first-order valence-electron chi connectivity index (χ1n) is 6.00. The number of nitro groups is 1. The summed E-state index contributed by atoms with van der Waals surface area (Å²) in [6, 6.07) is 2.45. The Kier molecular flexibility index (Phi) is 4.02. The fourth-order valence-corrected chi connectivity index (χ4v) is 3.67. The summed E-state index contributed by atoms with van der Waals surface area (Å²) in [6.45, 7) is 2.67. The second kappa shape index (κ2) is 5.43. The molecule has 1 aliphatic rings. The standard InChI is InChI=1S/C11H14FN3O4S/c1-8-7-14(5-4-13-8)20(18,19)11-6-9(15(16)17)2-3-10(11)12/h2-3,6,8,13H,4-5,7H2,1H3/t8-/m0/s1. The molecule has 0 radical (unpaired) electrons. The van der Waals surface area contributed by atoms with Crippen LogP contribution in [0.2, 0.25) is 0 Å². The molecule has 9 heteroatoms. The number of hydrogen-bond acceptors (Lipinski definition) is 5. The van der Waals surface area contributed by atoms with Crippen molar-refractivity contribution in [3.05, 3.63) is 34.1 Å². The normalized spacial score (nSPS) is 20.8. The number of sulfonamides is 1. The minimum absolute atomic E-state index is 0.0553. The maximum absolute atomic E-state index is 13.7. The summed E-state index contributed by atoms with van der Waals surface area (Å²) in [5.41, 5.74) is -0.451. The van der Waals surface area contributed by atoms with E-state index in [4.69, 9.17) is 0 Å². The lowest BCUT2D eigenvalue weighted by molar-refractivity contribution is -0.385. The van der Waals surface area contributed by atoms with Crippen LogP contribution in [0.3, 0.4) is 0 Å². The van der Waals surface area contributed by atoms with Gasteiger partial charge in [0.15, 0.2) is 0 Å². The molecule has 0 amide bonds. The Hall–Kier alpha value is -1.58. The highest BCUT2D eigenvalue weighted by atomic mass is 32.2. The lowest BCUT2D eigenvalue weighted by atomic mass is 10.3. The number of nitrogens with one attached hydrogen (secondary N) is 1. The quantitative estimate of drug-likeness (QED) is 0.656. The number of piperazine rings is 1. The third-order valence-electron chi connectivity index (χ3n) is 3.07. The molecule has 1 fully saturated rings. The van der Waals surface area contributed by atoms with Crippen LogP contribution >= 0.6 is 0 Å². The fourth-order valence-electron chi connectivity index (χ4n) is 2.06. The Morgan fingerprint density at radius 3 is 2.80 bits per heavy atom. The highest BCUT2D eigenvalue weighted by molar-refractivity contribution is 7.89. The average Bonchev–Trinajstić information content (AvgIpc) is 2.38. The summed E-state index contributed by atoms with van der Waals surface area (Å²) in [5, 5.41) is 13.8. The van der Waals surface area contributed by atoms with Crippen molar-refractivity contribution in [1.29, 1.82) is 0 Å². The van der Waals surface area contributed by atoms with Gasteiger partial charge in [0.1, 0.15) is 10.7 Å². The van der Waals surface area contributed by atoms with E-state index in [2.05, 4.69) is 5.32 Å². The molecule has 110 valence electrons. The minimum atomic E-state index is -4.07. The lowest BCUT2D eigenvalue weighted by Crippen LogP contribution is -2.51. The van der Waals surface area contributed by atoms with Crippen molar-refractivity contribution >= 4 is 15.7 Å². The summed E-state index contributed by atoms with van der Waals surface area (Å²) in [5.74, 6) is -0.984. The Bertz CT molecular complexity index is 635. The zero-order valence-electron chi connectivity index (χ0n) is 10.7. The van der Waals surface area contributed by atoms with Gasteiger partial charge < -0.3 is 5.32 Å². The smallest absolute Gasteiger partial charge is 0.270 e. The van der Waals surface area contributed by atoms with Crippen LogP contribution in [0.25, 0.3) is 0 Å². The Morgan fingerprint density at radius 1 is 1.50 bits per heavy atom. The first-order valence-corrected chi connectivity index (χ1v) is 7.44. The van der Waals surface area contributed by atoms with Crippen LogP contribution in [0, 0.1) is 15.9 Å². The van der Waals surface area contributed by atoms with Crippen LogP contribution < -0.4 is 5.32 Å². The van der Waals surface area contributed by atoms with Gasteiger partial charge in [-0.05, 0) is 13.0 Å². The molecular formula is C11H14FN3O4S. The first-order chi connectivity index (χ1) is 9.32. The van der Waals surface area contributed by atoms with Gasteiger partial charge in [-0.3, -0.25) is 10.1 Å². The number of hydrogen-bond donors (Lipinski definition) is 1. The summed E-state index contributed by atoms with van der Waals surface area (Å²) < 4.78 is 39.6. The summed E-state index contributed by atoms with van der Waals surface area (Å²) in [4.78, 5) is 9.28. The molecule has 0 unspecified atom stereocenters. The van der Waals surface area contributed by atoms with Crippen molar-refractivity contribution in [3.8, 4) is 0 Å². The van der Waals surface area contributed by atoms with E-state index in [1.165, 1.54) is 0 Å². The van der Waals surface area contributed by atoms with Crippen LogP contribution in [-0.2, 0) is 10.0 Å². The van der Waals surface area contributed by atoms with Gasteiger partial charge in [0.05, 0.1) is 4.92 Å².